The van der Waals surface area contributed by atoms with Gasteiger partial charge in [-0.3, -0.25) is 4.79 Å². The monoisotopic (exact) mass is 391 g/mol. The summed E-state index contributed by atoms with van der Waals surface area (Å²) in [6.07, 6.45) is 3.60. The topological polar surface area (TPSA) is 58.1 Å². The molecule has 27 heavy (non-hydrogen) atoms. The summed E-state index contributed by atoms with van der Waals surface area (Å²) >= 11 is 3.20. The molecule has 0 fully saturated rings. The quantitative estimate of drug-likeness (QED) is 0.373. The number of aliphatic imine (C=N–C) groups is 1. The number of rotatable bonds is 4. The molecule has 4 rings (SSSR count). The Morgan fingerprint density at radius 1 is 1.15 bits per heavy atom. The number of aromatic amines is 1. The minimum absolute atomic E-state index is 0.156. The number of nitrogens with one attached hydrogen (secondary N) is 1. The lowest BCUT2D eigenvalue weighted by molar-refractivity contribution is 1.22. The van der Waals surface area contributed by atoms with E-state index in [1.54, 1.807) is 29.3 Å². The van der Waals surface area contributed by atoms with Crippen molar-refractivity contribution in [2.24, 2.45) is 4.99 Å². The number of pyridine rings is 1. The molecule has 0 unspecified atom stereocenters. The van der Waals surface area contributed by atoms with Crippen molar-refractivity contribution in [2.45, 2.75) is 11.3 Å². The summed E-state index contributed by atoms with van der Waals surface area (Å²) in [6.45, 7) is 2.03. The van der Waals surface area contributed by atoms with Crippen LogP contribution in [-0.4, -0.2) is 22.4 Å². The average molecular weight is 392 g/mol. The molecule has 0 amide bonds. The lowest BCUT2D eigenvalue weighted by Crippen LogP contribution is -2.11. The van der Waals surface area contributed by atoms with Gasteiger partial charge in [0.25, 0.3) is 5.56 Å². The van der Waals surface area contributed by atoms with E-state index in [1.165, 1.54) is 0 Å². The van der Waals surface area contributed by atoms with E-state index in [4.69, 9.17) is 0 Å². The standard InChI is InChI=1S/C21H17N3OS2/c1-13-8-9-17-15(10-13)11-16(20(25)23-17)12-22-19-18(27-21(24-19)26-2)14-6-4-3-5-7-14/h3-12H,1-2H3,(H,23,25)/b22-12+. The number of thioether (sulfide) groups is 1. The van der Waals surface area contributed by atoms with Gasteiger partial charge in [-0.1, -0.05) is 53.7 Å². The van der Waals surface area contributed by atoms with E-state index in [9.17, 15) is 4.79 Å². The Balaban J connectivity index is 1.77. The van der Waals surface area contributed by atoms with Gasteiger partial charge in [0.05, 0.1) is 10.4 Å². The lowest BCUT2D eigenvalue weighted by Gasteiger charge is -2.01. The van der Waals surface area contributed by atoms with E-state index in [2.05, 4.69) is 15.0 Å². The molecular weight excluding hydrogens is 374 g/mol. The smallest absolute Gasteiger partial charge is 0.257 e. The Morgan fingerprint density at radius 2 is 1.96 bits per heavy atom. The van der Waals surface area contributed by atoms with Gasteiger partial charge < -0.3 is 4.98 Å². The van der Waals surface area contributed by atoms with Crippen LogP contribution in [-0.2, 0) is 0 Å². The normalized spacial score (nSPS) is 11.5. The van der Waals surface area contributed by atoms with Gasteiger partial charge in [0, 0.05) is 11.7 Å². The number of nitrogens with zero attached hydrogens (tertiary/aromatic N) is 2. The van der Waals surface area contributed by atoms with Crippen molar-refractivity contribution in [1.82, 2.24) is 9.97 Å². The number of hydrogen-bond acceptors (Lipinski definition) is 5. The van der Waals surface area contributed by atoms with E-state index >= 15 is 0 Å². The maximum atomic E-state index is 12.4. The second-order valence-electron chi connectivity index (χ2n) is 6.11. The van der Waals surface area contributed by atoms with E-state index < -0.39 is 0 Å². The number of aryl methyl sites for hydroxylation is 1. The second kappa shape index (κ2) is 7.50. The molecule has 6 heteroatoms. The zero-order valence-corrected chi connectivity index (χ0v) is 16.5. The molecule has 134 valence electrons. The van der Waals surface area contributed by atoms with Gasteiger partial charge in [0.15, 0.2) is 10.2 Å². The Labute approximate surface area is 165 Å². The molecule has 0 atom stereocenters. The SMILES string of the molecule is CSc1nc(/N=C/c2cc3cc(C)ccc3[nH]c2=O)c(-c2ccccc2)s1. The predicted octanol–water partition coefficient (Wildman–Crippen LogP) is 5.43. The van der Waals surface area contributed by atoms with Gasteiger partial charge in [0.2, 0.25) is 0 Å². The molecule has 1 N–H and O–H groups in total. The Bertz CT molecular complexity index is 1190. The van der Waals surface area contributed by atoms with Crippen molar-refractivity contribution in [1.29, 1.82) is 0 Å². The van der Waals surface area contributed by atoms with Gasteiger partial charge in [0.1, 0.15) is 0 Å². The van der Waals surface area contributed by atoms with E-state index in [0.717, 1.165) is 31.2 Å². The molecular formula is C21H17N3OS2. The molecule has 0 saturated heterocycles. The first-order valence-electron chi connectivity index (χ1n) is 8.42. The molecule has 0 aliphatic heterocycles. The van der Waals surface area contributed by atoms with Gasteiger partial charge in [-0.25, -0.2) is 9.98 Å². The number of benzene rings is 2. The maximum absolute atomic E-state index is 12.4. The first kappa shape index (κ1) is 17.7. The first-order valence-corrected chi connectivity index (χ1v) is 10.5. The Hall–Kier alpha value is -2.70. The Morgan fingerprint density at radius 3 is 2.74 bits per heavy atom. The van der Waals surface area contributed by atoms with Crippen LogP contribution in [0.15, 0.2) is 68.7 Å². The summed E-state index contributed by atoms with van der Waals surface area (Å²) in [7, 11) is 0. The van der Waals surface area contributed by atoms with Gasteiger partial charge in [-0.15, -0.1) is 11.3 Å². The molecule has 4 nitrogen and oxygen atoms in total. The van der Waals surface area contributed by atoms with Crippen LogP contribution in [0.2, 0.25) is 0 Å². The third-order valence-corrected chi connectivity index (χ3v) is 6.23. The molecule has 4 aromatic rings. The van der Waals surface area contributed by atoms with Crippen molar-refractivity contribution in [2.75, 3.05) is 6.26 Å². The fourth-order valence-corrected chi connectivity index (χ4v) is 4.33. The zero-order chi connectivity index (χ0) is 18.8. The first-order chi connectivity index (χ1) is 13.1. The van der Waals surface area contributed by atoms with Crippen molar-refractivity contribution in [3.63, 3.8) is 0 Å². The number of aromatic nitrogens is 2. The van der Waals surface area contributed by atoms with E-state index in [1.807, 2.05) is 67.8 Å². The van der Waals surface area contributed by atoms with Crippen LogP contribution in [0.25, 0.3) is 21.3 Å². The number of thiazole rings is 1. The summed E-state index contributed by atoms with van der Waals surface area (Å²) in [5, 5.41) is 0.988. The van der Waals surface area contributed by atoms with Gasteiger partial charge >= 0.3 is 0 Å². The summed E-state index contributed by atoms with van der Waals surface area (Å²) < 4.78 is 0.948. The third-order valence-electron chi connectivity index (χ3n) is 4.15. The summed E-state index contributed by atoms with van der Waals surface area (Å²) in [5.41, 5.74) is 3.41. The van der Waals surface area contributed by atoms with Gasteiger partial charge in [-0.05, 0) is 42.3 Å². The Kier molecular flexibility index (Phi) is 4.92. The zero-order valence-electron chi connectivity index (χ0n) is 14.9. The van der Waals surface area contributed by atoms with Crippen LogP contribution in [0, 0.1) is 6.92 Å². The van der Waals surface area contributed by atoms with Crippen LogP contribution < -0.4 is 5.56 Å². The number of hydrogen-bond donors (Lipinski definition) is 1. The summed E-state index contributed by atoms with van der Waals surface area (Å²) in [5.74, 6) is 0.638. The van der Waals surface area contributed by atoms with E-state index in [-0.39, 0.29) is 5.56 Å². The molecule has 0 radical (unpaired) electrons. The minimum Gasteiger partial charge on any atom is -0.321 e. The highest BCUT2D eigenvalue weighted by atomic mass is 32.2. The maximum Gasteiger partial charge on any atom is 0.257 e. The number of H-pyrrole nitrogens is 1. The molecule has 0 saturated carbocycles. The summed E-state index contributed by atoms with van der Waals surface area (Å²) in [4.78, 5) is 25.5. The largest absolute Gasteiger partial charge is 0.321 e. The highest BCUT2D eigenvalue weighted by molar-refractivity contribution is 8.00. The molecule has 0 aliphatic carbocycles. The van der Waals surface area contributed by atoms with Crippen molar-refractivity contribution in [3.8, 4) is 10.4 Å². The van der Waals surface area contributed by atoms with Crippen LogP contribution in [0.1, 0.15) is 11.1 Å². The molecule has 2 aromatic heterocycles. The average Bonchev–Trinajstić information content (AvgIpc) is 3.11. The molecule has 2 aromatic carbocycles. The number of fused-ring (bicyclic) bond motifs is 1. The highest BCUT2D eigenvalue weighted by Crippen LogP contribution is 2.38. The second-order valence-corrected chi connectivity index (χ2v) is 8.16. The molecule has 0 spiro atoms. The minimum atomic E-state index is -0.156. The lowest BCUT2D eigenvalue weighted by atomic mass is 10.1. The van der Waals surface area contributed by atoms with Gasteiger partial charge in [-0.2, -0.15) is 0 Å². The van der Waals surface area contributed by atoms with Crippen LogP contribution in [0.3, 0.4) is 0 Å². The fraction of sp³-hybridized carbons (Fsp3) is 0.0952. The highest BCUT2D eigenvalue weighted by Gasteiger charge is 2.12. The van der Waals surface area contributed by atoms with Crippen molar-refractivity contribution in [3.05, 3.63) is 76.1 Å². The van der Waals surface area contributed by atoms with Crippen molar-refractivity contribution < 1.29 is 0 Å². The fourth-order valence-electron chi connectivity index (χ4n) is 2.81. The van der Waals surface area contributed by atoms with Crippen LogP contribution in [0.5, 0.6) is 0 Å². The predicted molar refractivity (Wildman–Crippen MR) is 116 cm³/mol. The third kappa shape index (κ3) is 3.72. The molecule has 0 aliphatic rings. The van der Waals surface area contributed by atoms with E-state index in [0.29, 0.717) is 11.4 Å². The molecule has 2 heterocycles. The van der Waals surface area contributed by atoms with Crippen LogP contribution >= 0.6 is 23.1 Å². The molecule has 0 bridgehead atoms. The van der Waals surface area contributed by atoms with Crippen LogP contribution in [0.4, 0.5) is 5.82 Å². The van der Waals surface area contributed by atoms with Crippen molar-refractivity contribution >= 4 is 46.0 Å². The summed E-state index contributed by atoms with van der Waals surface area (Å²) in [6, 6.07) is 17.9.